The van der Waals surface area contributed by atoms with Crippen molar-refractivity contribution >= 4 is 10.8 Å². The van der Waals surface area contributed by atoms with Crippen molar-refractivity contribution in [2.45, 2.75) is 25.5 Å². The first kappa shape index (κ1) is 19.4. The van der Waals surface area contributed by atoms with Gasteiger partial charge in [0.05, 0.1) is 13.2 Å². The maximum Gasteiger partial charge on any atom is 0.458 e. The Morgan fingerprint density at radius 3 is 2.26 bits per heavy atom. The normalized spacial score (nSPS) is 20.8. The zero-order chi connectivity index (χ0) is 19.7. The summed E-state index contributed by atoms with van der Waals surface area (Å²) in [5.74, 6) is 3.10. The lowest BCUT2D eigenvalue weighted by molar-refractivity contribution is -0.350. The van der Waals surface area contributed by atoms with Crippen LogP contribution in [-0.4, -0.2) is 31.8 Å². The summed E-state index contributed by atoms with van der Waals surface area (Å²) < 4.78 is 79.6. The van der Waals surface area contributed by atoms with Crippen molar-refractivity contribution < 1.29 is 36.2 Å². The summed E-state index contributed by atoms with van der Waals surface area (Å²) in [6, 6.07) is 8.40. The number of hydrogen-bond donors (Lipinski definition) is 0. The number of hydrogen-bond acceptors (Lipinski definition) is 3. The number of fused-ring (bicyclic) bond motifs is 1. The molecule has 0 bridgehead atoms. The summed E-state index contributed by atoms with van der Waals surface area (Å²) in [7, 11) is 0. The molecule has 0 aliphatic carbocycles. The second-order valence-electron chi connectivity index (χ2n) is 6.24. The van der Waals surface area contributed by atoms with Gasteiger partial charge in [-0.05, 0) is 35.0 Å². The molecule has 0 radical (unpaired) electrons. The van der Waals surface area contributed by atoms with E-state index in [1.165, 1.54) is 42.3 Å². The van der Waals surface area contributed by atoms with Gasteiger partial charge in [0.25, 0.3) is 6.29 Å². The first-order valence-corrected chi connectivity index (χ1v) is 8.06. The van der Waals surface area contributed by atoms with Crippen molar-refractivity contribution in [2.75, 3.05) is 13.2 Å². The zero-order valence-corrected chi connectivity index (χ0v) is 14.1. The standard InChI is InChI=1S/C19H15F5O3/c1-12-10-25-17(26-11-12)19(23,24)27-16-5-4-14-8-13(2-3-15(14)9-16)6-7-18(20,21)22/h2-5,8-9,12,17H,10-11H2,1H3. The highest BCUT2D eigenvalue weighted by atomic mass is 19.4. The van der Waals surface area contributed by atoms with E-state index in [4.69, 9.17) is 14.2 Å². The average Bonchev–Trinajstić information content (AvgIpc) is 2.59. The number of halogens is 5. The van der Waals surface area contributed by atoms with Gasteiger partial charge < -0.3 is 14.2 Å². The largest absolute Gasteiger partial charge is 0.458 e. The molecule has 0 N–H and O–H groups in total. The Kier molecular flexibility index (Phi) is 5.27. The van der Waals surface area contributed by atoms with Gasteiger partial charge in [-0.2, -0.15) is 22.0 Å². The van der Waals surface area contributed by atoms with Crippen LogP contribution in [0, 0.1) is 17.8 Å². The number of benzene rings is 2. The van der Waals surface area contributed by atoms with Crippen LogP contribution in [0.1, 0.15) is 12.5 Å². The fourth-order valence-corrected chi connectivity index (χ4v) is 2.51. The minimum atomic E-state index is -4.58. The van der Waals surface area contributed by atoms with Crippen molar-refractivity contribution in [1.29, 1.82) is 0 Å². The Hall–Kier alpha value is -2.37. The van der Waals surface area contributed by atoms with Crippen molar-refractivity contribution in [3.8, 4) is 17.6 Å². The minimum absolute atomic E-state index is 0.0207. The average molecular weight is 386 g/mol. The van der Waals surface area contributed by atoms with Crippen LogP contribution in [0.25, 0.3) is 10.8 Å². The lowest BCUT2D eigenvalue weighted by Crippen LogP contribution is -2.47. The Balaban J connectivity index is 1.77. The molecular formula is C19H15F5O3. The lowest BCUT2D eigenvalue weighted by atomic mass is 10.1. The van der Waals surface area contributed by atoms with Crippen molar-refractivity contribution in [2.24, 2.45) is 5.92 Å². The fraction of sp³-hybridized carbons (Fsp3) is 0.368. The third kappa shape index (κ3) is 5.08. The highest BCUT2D eigenvalue weighted by Crippen LogP contribution is 2.31. The molecule has 1 aliphatic rings. The van der Waals surface area contributed by atoms with E-state index in [-0.39, 0.29) is 30.4 Å². The molecule has 1 aliphatic heterocycles. The molecular weight excluding hydrogens is 371 g/mol. The highest BCUT2D eigenvalue weighted by Gasteiger charge is 2.46. The van der Waals surface area contributed by atoms with Crippen LogP contribution in [0.4, 0.5) is 22.0 Å². The van der Waals surface area contributed by atoms with Crippen molar-refractivity contribution in [1.82, 2.24) is 0 Å². The van der Waals surface area contributed by atoms with E-state index in [0.29, 0.717) is 10.8 Å². The summed E-state index contributed by atoms with van der Waals surface area (Å²) in [5.41, 5.74) is 0.164. The van der Waals surface area contributed by atoms with Gasteiger partial charge in [-0.1, -0.05) is 25.0 Å². The molecule has 144 valence electrons. The van der Waals surface area contributed by atoms with Gasteiger partial charge in [0, 0.05) is 17.4 Å². The number of alkyl halides is 5. The smallest absolute Gasteiger partial charge is 0.429 e. The van der Waals surface area contributed by atoms with Crippen LogP contribution in [-0.2, 0) is 9.47 Å². The van der Waals surface area contributed by atoms with Crippen molar-refractivity contribution in [3.05, 3.63) is 42.0 Å². The van der Waals surface area contributed by atoms with Gasteiger partial charge in [-0.3, -0.25) is 0 Å². The molecule has 0 aromatic heterocycles. The van der Waals surface area contributed by atoms with E-state index < -0.39 is 18.6 Å². The Morgan fingerprint density at radius 1 is 0.963 bits per heavy atom. The molecule has 1 fully saturated rings. The van der Waals surface area contributed by atoms with E-state index in [2.05, 4.69) is 0 Å². The molecule has 1 heterocycles. The Bertz CT molecular complexity index is 874. The molecule has 3 rings (SSSR count). The molecule has 0 atom stereocenters. The molecule has 1 saturated heterocycles. The maximum atomic E-state index is 14.2. The van der Waals surface area contributed by atoms with E-state index >= 15 is 0 Å². The summed E-state index contributed by atoms with van der Waals surface area (Å²) in [6.45, 7) is 2.10. The van der Waals surface area contributed by atoms with Gasteiger partial charge in [0.1, 0.15) is 5.75 Å². The summed E-state index contributed by atoms with van der Waals surface area (Å²) >= 11 is 0. The number of ether oxygens (including phenoxy) is 3. The molecule has 2 aromatic rings. The van der Waals surface area contributed by atoms with E-state index in [0.717, 1.165) is 0 Å². The molecule has 0 saturated carbocycles. The zero-order valence-electron chi connectivity index (χ0n) is 14.1. The third-order valence-electron chi connectivity index (χ3n) is 3.75. The van der Waals surface area contributed by atoms with Gasteiger partial charge in [-0.25, -0.2) is 0 Å². The van der Waals surface area contributed by atoms with Gasteiger partial charge >= 0.3 is 12.3 Å². The first-order chi connectivity index (χ1) is 12.6. The lowest BCUT2D eigenvalue weighted by Gasteiger charge is -2.32. The molecule has 27 heavy (non-hydrogen) atoms. The van der Waals surface area contributed by atoms with E-state index in [1.54, 1.807) is 0 Å². The summed E-state index contributed by atoms with van der Waals surface area (Å²) in [5, 5.41) is 1.05. The summed E-state index contributed by atoms with van der Waals surface area (Å²) in [4.78, 5) is 0. The topological polar surface area (TPSA) is 27.7 Å². The monoisotopic (exact) mass is 386 g/mol. The second kappa shape index (κ2) is 7.33. The van der Waals surface area contributed by atoms with Crippen LogP contribution in [0.3, 0.4) is 0 Å². The number of rotatable bonds is 3. The molecule has 0 amide bonds. The van der Waals surface area contributed by atoms with Crippen LogP contribution < -0.4 is 4.74 Å². The fourth-order valence-electron chi connectivity index (χ4n) is 2.51. The first-order valence-electron chi connectivity index (χ1n) is 8.06. The van der Waals surface area contributed by atoms with E-state index in [9.17, 15) is 22.0 Å². The van der Waals surface area contributed by atoms with Crippen LogP contribution in [0.5, 0.6) is 5.75 Å². The molecule has 3 nitrogen and oxygen atoms in total. The maximum absolute atomic E-state index is 14.2. The molecule has 0 spiro atoms. The van der Waals surface area contributed by atoms with Gasteiger partial charge in [0.15, 0.2) is 0 Å². The predicted molar refractivity (Wildman–Crippen MR) is 87.3 cm³/mol. The summed E-state index contributed by atoms with van der Waals surface area (Å²) in [6.07, 6.45) is -10.1. The second-order valence-corrected chi connectivity index (χ2v) is 6.24. The molecule has 8 heteroatoms. The van der Waals surface area contributed by atoms with Crippen LogP contribution in [0.15, 0.2) is 36.4 Å². The predicted octanol–water partition coefficient (Wildman–Crippen LogP) is 4.73. The third-order valence-corrected chi connectivity index (χ3v) is 3.75. The Labute approximate surface area is 152 Å². The SMILES string of the molecule is CC1COC(C(F)(F)Oc2ccc3cc(C#CC(F)(F)F)ccc3c2)OC1. The van der Waals surface area contributed by atoms with Crippen LogP contribution in [0.2, 0.25) is 0 Å². The van der Waals surface area contributed by atoms with Crippen molar-refractivity contribution in [3.63, 3.8) is 0 Å². The van der Waals surface area contributed by atoms with E-state index in [1.807, 2.05) is 12.8 Å². The minimum Gasteiger partial charge on any atom is -0.429 e. The molecule has 2 aromatic carbocycles. The highest BCUT2D eigenvalue weighted by molar-refractivity contribution is 5.85. The van der Waals surface area contributed by atoms with Gasteiger partial charge in [-0.15, -0.1) is 0 Å². The Morgan fingerprint density at radius 2 is 1.59 bits per heavy atom. The van der Waals surface area contributed by atoms with Gasteiger partial charge in [0.2, 0.25) is 0 Å². The quantitative estimate of drug-likeness (QED) is 0.564. The molecule has 0 unspecified atom stereocenters. The van der Waals surface area contributed by atoms with Crippen LogP contribution >= 0.6 is 0 Å².